The highest BCUT2D eigenvalue weighted by molar-refractivity contribution is 7.99. The van der Waals surface area contributed by atoms with Crippen molar-refractivity contribution in [3.63, 3.8) is 0 Å². The number of nitrogens with one attached hydrogen (secondary N) is 1. The molecule has 1 aromatic carbocycles. The summed E-state index contributed by atoms with van der Waals surface area (Å²) in [4.78, 5) is 18.8. The topological polar surface area (TPSA) is 58.9 Å². The van der Waals surface area contributed by atoms with E-state index in [-0.39, 0.29) is 6.09 Å². The van der Waals surface area contributed by atoms with Gasteiger partial charge in [-0.15, -0.1) is 11.8 Å². The van der Waals surface area contributed by atoms with Crippen LogP contribution in [0.15, 0.2) is 66.0 Å². The first-order chi connectivity index (χ1) is 14.4. The fraction of sp³-hybridized carbons (Fsp3) is 0.391. The molecule has 0 radical (unpaired) electrons. The Morgan fingerprint density at radius 2 is 1.93 bits per heavy atom. The Labute approximate surface area is 182 Å². The summed E-state index contributed by atoms with van der Waals surface area (Å²) >= 11 is 1.77. The highest BCUT2D eigenvalue weighted by atomic mass is 32.2. The van der Waals surface area contributed by atoms with E-state index in [1.165, 1.54) is 0 Å². The number of benzene rings is 1. The van der Waals surface area contributed by atoms with Gasteiger partial charge in [0.2, 0.25) is 0 Å². The number of hydrogen-bond acceptors (Lipinski definition) is 5. The molecule has 0 spiro atoms. The largest absolute Gasteiger partial charge is 0.444 e. The van der Waals surface area contributed by atoms with E-state index in [1.807, 2.05) is 75.6 Å². The van der Waals surface area contributed by atoms with E-state index in [0.717, 1.165) is 28.5 Å². The number of aromatic nitrogens is 2. The zero-order valence-electron chi connectivity index (χ0n) is 17.9. The Bertz CT molecular complexity index is 937. The molecule has 0 aliphatic heterocycles. The van der Waals surface area contributed by atoms with E-state index < -0.39 is 5.60 Å². The maximum Gasteiger partial charge on any atom is 0.410 e. The average Bonchev–Trinajstić information content (AvgIpc) is 3.19. The number of carbonyl (C=O) groups is 1. The molecule has 1 N–H and O–H groups in total. The first-order valence-electron chi connectivity index (χ1n) is 10.2. The fourth-order valence-electron chi connectivity index (χ4n) is 2.98. The summed E-state index contributed by atoms with van der Waals surface area (Å²) in [6.07, 6.45) is 4.39. The molecule has 0 fully saturated rings. The molecular weight excluding hydrogens is 396 g/mol. The van der Waals surface area contributed by atoms with Gasteiger partial charge in [-0.2, -0.15) is 0 Å². The zero-order valence-corrected chi connectivity index (χ0v) is 18.7. The van der Waals surface area contributed by atoms with Crippen molar-refractivity contribution in [3.05, 3.63) is 60.9 Å². The number of ether oxygens (including phenoxy) is 1. The van der Waals surface area contributed by atoms with Crippen LogP contribution < -0.4 is 5.32 Å². The number of amides is 1. The van der Waals surface area contributed by atoms with Crippen molar-refractivity contribution in [1.82, 2.24) is 14.3 Å². The van der Waals surface area contributed by atoms with E-state index in [4.69, 9.17) is 4.74 Å². The maximum absolute atomic E-state index is 12.7. The number of rotatable bonds is 9. The molecule has 0 saturated heterocycles. The lowest BCUT2D eigenvalue weighted by atomic mass is 10.2. The van der Waals surface area contributed by atoms with Crippen LogP contribution >= 0.6 is 11.8 Å². The van der Waals surface area contributed by atoms with Gasteiger partial charge in [-0.25, -0.2) is 9.78 Å². The second-order valence-corrected chi connectivity index (χ2v) is 9.10. The van der Waals surface area contributed by atoms with Gasteiger partial charge in [-0.05, 0) is 51.5 Å². The second kappa shape index (κ2) is 10.4. The van der Waals surface area contributed by atoms with E-state index >= 15 is 0 Å². The molecule has 2 aromatic heterocycles. The lowest BCUT2D eigenvalue weighted by Gasteiger charge is -2.27. The van der Waals surface area contributed by atoms with E-state index in [1.54, 1.807) is 16.7 Å². The molecule has 0 aliphatic rings. The summed E-state index contributed by atoms with van der Waals surface area (Å²) in [6.45, 7) is 7.60. The first kappa shape index (κ1) is 22.0. The molecule has 6 nitrogen and oxygen atoms in total. The number of imidazole rings is 1. The van der Waals surface area contributed by atoms with Gasteiger partial charge in [-0.3, -0.25) is 4.40 Å². The Morgan fingerprint density at radius 1 is 1.13 bits per heavy atom. The van der Waals surface area contributed by atoms with Gasteiger partial charge < -0.3 is 15.0 Å². The average molecular weight is 427 g/mol. The van der Waals surface area contributed by atoms with E-state index in [9.17, 15) is 4.79 Å². The monoisotopic (exact) mass is 426 g/mol. The molecule has 160 valence electrons. The van der Waals surface area contributed by atoms with Crippen molar-refractivity contribution in [2.45, 2.75) is 37.8 Å². The van der Waals surface area contributed by atoms with Crippen LogP contribution in [0.2, 0.25) is 0 Å². The quantitative estimate of drug-likeness (QED) is 0.378. The summed E-state index contributed by atoms with van der Waals surface area (Å²) in [6, 6.07) is 16.1. The Balaban J connectivity index is 1.51. The summed E-state index contributed by atoms with van der Waals surface area (Å²) in [5, 5.41) is 4.51. The van der Waals surface area contributed by atoms with Crippen LogP contribution in [-0.4, -0.2) is 51.4 Å². The lowest BCUT2D eigenvalue weighted by Crippen LogP contribution is -2.40. The molecule has 3 aromatic rings. The molecule has 2 heterocycles. The van der Waals surface area contributed by atoms with Crippen molar-refractivity contribution in [2.75, 3.05) is 30.7 Å². The van der Waals surface area contributed by atoms with Gasteiger partial charge in [0.15, 0.2) is 0 Å². The second-order valence-electron chi connectivity index (χ2n) is 7.98. The maximum atomic E-state index is 12.7. The number of hydrogen-bond donors (Lipinski definition) is 1. The Hall–Kier alpha value is -2.67. The van der Waals surface area contributed by atoms with E-state index in [2.05, 4.69) is 20.8 Å². The van der Waals surface area contributed by atoms with Gasteiger partial charge >= 0.3 is 6.09 Å². The summed E-state index contributed by atoms with van der Waals surface area (Å²) in [5.41, 5.74) is 1.49. The van der Waals surface area contributed by atoms with Gasteiger partial charge in [0.25, 0.3) is 0 Å². The van der Waals surface area contributed by atoms with Crippen molar-refractivity contribution in [2.24, 2.45) is 0 Å². The van der Waals surface area contributed by atoms with Gasteiger partial charge in [0.1, 0.15) is 11.2 Å². The molecule has 0 aliphatic carbocycles. The lowest BCUT2D eigenvalue weighted by molar-refractivity contribution is 0.0258. The van der Waals surface area contributed by atoms with Crippen LogP contribution in [0.25, 0.3) is 5.65 Å². The molecule has 7 heteroatoms. The third-order valence-corrected chi connectivity index (χ3v) is 5.47. The third-order valence-electron chi connectivity index (χ3n) is 4.35. The molecule has 0 unspecified atom stereocenters. The van der Waals surface area contributed by atoms with Crippen LogP contribution in [0.1, 0.15) is 27.2 Å². The molecule has 3 rings (SSSR count). The van der Waals surface area contributed by atoms with Crippen molar-refractivity contribution in [3.8, 4) is 0 Å². The zero-order chi connectivity index (χ0) is 21.4. The predicted molar refractivity (Wildman–Crippen MR) is 123 cm³/mol. The molecule has 30 heavy (non-hydrogen) atoms. The summed E-state index contributed by atoms with van der Waals surface area (Å²) in [7, 11) is 0. The highest BCUT2D eigenvalue weighted by Gasteiger charge is 2.21. The van der Waals surface area contributed by atoms with Crippen LogP contribution in [0.4, 0.5) is 10.5 Å². The Morgan fingerprint density at radius 3 is 2.70 bits per heavy atom. The van der Waals surface area contributed by atoms with Gasteiger partial charge in [0.05, 0.1) is 5.03 Å². The van der Waals surface area contributed by atoms with Crippen LogP contribution in [0, 0.1) is 0 Å². The molecule has 0 atom stereocenters. The van der Waals surface area contributed by atoms with Crippen molar-refractivity contribution in [1.29, 1.82) is 0 Å². The molecule has 0 saturated carbocycles. The molecule has 0 bridgehead atoms. The minimum absolute atomic E-state index is 0.265. The van der Waals surface area contributed by atoms with E-state index in [0.29, 0.717) is 19.6 Å². The summed E-state index contributed by atoms with van der Waals surface area (Å²) < 4.78 is 7.69. The van der Waals surface area contributed by atoms with Crippen molar-refractivity contribution < 1.29 is 9.53 Å². The minimum atomic E-state index is -0.506. The normalized spacial score (nSPS) is 11.4. The van der Waals surface area contributed by atoms with Crippen LogP contribution in [-0.2, 0) is 4.74 Å². The van der Waals surface area contributed by atoms with Crippen molar-refractivity contribution >= 4 is 29.2 Å². The SMILES string of the molecule is CC(C)(C)OC(=O)N(CCCSc1cccc2nccn12)CCNc1ccccc1. The third kappa shape index (κ3) is 6.69. The fourth-order valence-corrected chi connectivity index (χ4v) is 3.93. The van der Waals surface area contributed by atoms with Gasteiger partial charge in [0, 0.05) is 43.5 Å². The number of carbonyl (C=O) groups excluding carboxylic acids is 1. The smallest absolute Gasteiger partial charge is 0.410 e. The van der Waals surface area contributed by atoms with Crippen LogP contribution in [0.3, 0.4) is 0 Å². The highest BCUT2D eigenvalue weighted by Crippen LogP contribution is 2.20. The molecule has 1 amide bonds. The Kier molecular flexibility index (Phi) is 7.63. The van der Waals surface area contributed by atoms with Gasteiger partial charge in [-0.1, -0.05) is 24.3 Å². The number of nitrogens with zero attached hydrogens (tertiary/aromatic N) is 3. The number of para-hydroxylation sites is 1. The summed E-state index contributed by atoms with van der Waals surface area (Å²) in [5.74, 6) is 0.905. The first-order valence-corrected chi connectivity index (χ1v) is 11.2. The number of anilines is 1. The standard InChI is InChI=1S/C23H30N4O2S/c1-23(2,3)29-22(28)26(16-13-24-19-9-5-4-6-10-19)15-8-18-30-21-12-7-11-20-25-14-17-27(20)21/h4-7,9-12,14,17,24H,8,13,15-16,18H2,1-3H3. The minimum Gasteiger partial charge on any atom is -0.444 e. The number of pyridine rings is 1. The predicted octanol–water partition coefficient (Wildman–Crippen LogP) is 5.17. The van der Waals surface area contributed by atoms with Crippen LogP contribution in [0.5, 0.6) is 0 Å². The number of thioether (sulfide) groups is 1. The number of fused-ring (bicyclic) bond motifs is 1. The molecular formula is C23H30N4O2S.